The summed E-state index contributed by atoms with van der Waals surface area (Å²) in [5.74, 6) is 0. The van der Waals surface area contributed by atoms with Crippen LogP contribution in [0.4, 0.5) is 0 Å². The van der Waals surface area contributed by atoms with Crippen LogP contribution in [0.3, 0.4) is 0 Å². The lowest BCUT2D eigenvalue weighted by atomic mass is 9.83. The van der Waals surface area contributed by atoms with Gasteiger partial charge in [-0.1, -0.05) is 42.1 Å². The van der Waals surface area contributed by atoms with E-state index in [1.54, 1.807) is 6.92 Å². The lowest BCUT2D eigenvalue weighted by Crippen LogP contribution is -2.62. The van der Waals surface area contributed by atoms with Gasteiger partial charge in [0.2, 0.25) is 0 Å². The molecular weight excluding hydrogens is 340 g/mol. The first-order chi connectivity index (χ1) is 11.8. The molecule has 138 valence electrons. The van der Waals surface area contributed by atoms with E-state index in [2.05, 4.69) is 4.99 Å². The topological polar surface area (TPSA) is 85.5 Å². The van der Waals surface area contributed by atoms with Crippen LogP contribution in [0.1, 0.15) is 18.9 Å². The Labute approximate surface area is 152 Å². The third kappa shape index (κ3) is 3.85. The van der Waals surface area contributed by atoms with E-state index in [4.69, 9.17) is 4.74 Å². The van der Waals surface area contributed by atoms with E-state index in [0.717, 1.165) is 10.7 Å². The number of fused-ring (bicyclic) bond motifs is 1. The molecule has 2 aliphatic heterocycles. The minimum absolute atomic E-state index is 0.399. The largest absolute Gasteiger partial charge is 0.388 e. The average Bonchev–Trinajstić information content (AvgIpc) is 3.02. The second-order valence-corrected chi connectivity index (χ2v) is 8.23. The first kappa shape index (κ1) is 18.7. The van der Waals surface area contributed by atoms with Crippen molar-refractivity contribution in [2.24, 2.45) is 4.99 Å². The maximum atomic E-state index is 10.9. The number of aryl methyl sites for hydroxylation is 1. The van der Waals surface area contributed by atoms with E-state index in [9.17, 15) is 15.3 Å². The molecule has 2 heterocycles. The molecule has 3 N–H and O–H groups in total. The number of hydrogen-bond donors (Lipinski definition) is 3. The van der Waals surface area contributed by atoms with Crippen LogP contribution in [0.5, 0.6) is 0 Å². The van der Waals surface area contributed by atoms with E-state index in [0.29, 0.717) is 12.8 Å². The quantitative estimate of drug-likeness (QED) is 0.733. The molecule has 1 aromatic rings. The standard InChI is InChI=1S/C18H26N2O4S/c1-18(23,10-9-11-7-5-4-6-8-11)15-14(22)13(21)12-16(24-15)25-17(19-12)20(2)3/h4-8,12-16,21-23H,9-10H2,1-3H3/t12-,13-,14+,15+,16-,18-/m1/s1. The maximum absolute atomic E-state index is 10.9. The number of aliphatic hydroxyl groups is 3. The van der Waals surface area contributed by atoms with E-state index in [1.807, 2.05) is 49.3 Å². The Bertz CT molecular complexity index is 623. The number of aliphatic imine (C=N–C) groups is 1. The van der Waals surface area contributed by atoms with Crippen molar-refractivity contribution < 1.29 is 20.1 Å². The fourth-order valence-electron chi connectivity index (χ4n) is 3.26. The van der Waals surface area contributed by atoms with Gasteiger partial charge in [0.1, 0.15) is 29.8 Å². The maximum Gasteiger partial charge on any atom is 0.161 e. The monoisotopic (exact) mass is 366 g/mol. The van der Waals surface area contributed by atoms with Crippen LogP contribution in [0.2, 0.25) is 0 Å². The number of hydrogen-bond acceptors (Lipinski definition) is 7. The average molecular weight is 366 g/mol. The first-order valence-electron chi connectivity index (χ1n) is 8.49. The molecule has 1 fully saturated rings. The summed E-state index contributed by atoms with van der Waals surface area (Å²) in [7, 11) is 3.75. The Kier molecular flexibility index (Phi) is 5.41. The molecule has 0 amide bonds. The van der Waals surface area contributed by atoms with Crippen molar-refractivity contribution in [2.45, 2.75) is 55.2 Å². The fourth-order valence-corrected chi connectivity index (χ4v) is 4.40. The number of aliphatic hydroxyl groups excluding tert-OH is 2. The molecule has 0 radical (unpaired) electrons. The number of amidine groups is 1. The molecule has 0 unspecified atom stereocenters. The third-order valence-electron chi connectivity index (χ3n) is 4.81. The SMILES string of the molecule is CN(C)C1=N[C@@H]2[C@@H](O)[C@H](O)[C@@H]([C@](C)(O)CCc3ccccc3)O[C@@H]2S1. The normalized spacial score (nSPS) is 34.2. The van der Waals surface area contributed by atoms with Crippen molar-refractivity contribution in [3.63, 3.8) is 0 Å². The summed E-state index contributed by atoms with van der Waals surface area (Å²) >= 11 is 1.41. The predicted molar refractivity (Wildman–Crippen MR) is 98.6 cm³/mol. The molecule has 0 aliphatic carbocycles. The summed E-state index contributed by atoms with van der Waals surface area (Å²) in [4.78, 5) is 6.30. The first-order valence-corrected chi connectivity index (χ1v) is 9.37. The Morgan fingerprint density at radius 3 is 2.52 bits per heavy atom. The molecule has 0 aromatic heterocycles. The van der Waals surface area contributed by atoms with Crippen LogP contribution in [0.25, 0.3) is 0 Å². The molecule has 1 aromatic carbocycles. The van der Waals surface area contributed by atoms with Gasteiger partial charge in [-0.15, -0.1) is 0 Å². The van der Waals surface area contributed by atoms with Gasteiger partial charge < -0.3 is 25.0 Å². The second kappa shape index (κ2) is 7.25. The van der Waals surface area contributed by atoms with E-state index >= 15 is 0 Å². The lowest BCUT2D eigenvalue weighted by molar-refractivity contribution is -0.214. The molecule has 3 rings (SSSR count). The molecule has 25 heavy (non-hydrogen) atoms. The molecule has 1 saturated heterocycles. The molecule has 2 aliphatic rings. The Balaban J connectivity index is 1.70. The van der Waals surface area contributed by atoms with Gasteiger partial charge in [0.25, 0.3) is 0 Å². The smallest absolute Gasteiger partial charge is 0.161 e. The highest BCUT2D eigenvalue weighted by Gasteiger charge is 2.53. The summed E-state index contributed by atoms with van der Waals surface area (Å²) in [6.07, 6.45) is -2.02. The molecule has 6 nitrogen and oxygen atoms in total. The van der Waals surface area contributed by atoms with Crippen LogP contribution in [0, 0.1) is 0 Å². The van der Waals surface area contributed by atoms with Gasteiger partial charge in [-0.3, -0.25) is 4.99 Å². The van der Waals surface area contributed by atoms with Crippen LogP contribution < -0.4 is 0 Å². The van der Waals surface area contributed by atoms with E-state index in [-0.39, 0.29) is 0 Å². The summed E-state index contributed by atoms with van der Waals surface area (Å²) < 4.78 is 5.99. The van der Waals surface area contributed by atoms with Gasteiger partial charge in [-0.2, -0.15) is 0 Å². The zero-order chi connectivity index (χ0) is 18.2. The lowest BCUT2D eigenvalue weighted by Gasteiger charge is -2.44. The van der Waals surface area contributed by atoms with Gasteiger partial charge in [0, 0.05) is 14.1 Å². The fraction of sp³-hybridized carbons (Fsp3) is 0.611. The summed E-state index contributed by atoms with van der Waals surface area (Å²) in [5.41, 5.74) is -0.549. The summed E-state index contributed by atoms with van der Waals surface area (Å²) in [6.45, 7) is 1.66. The third-order valence-corrected chi connectivity index (χ3v) is 6.11. The second-order valence-electron chi connectivity index (χ2n) is 7.16. The van der Waals surface area contributed by atoms with E-state index in [1.165, 1.54) is 11.8 Å². The van der Waals surface area contributed by atoms with Gasteiger partial charge in [0.05, 0.1) is 5.60 Å². The van der Waals surface area contributed by atoms with Crippen molar-refractivity contribution >= 4 is 16.9 Å². The van der Waals surface area contributed by atoms with Gasteiger partial charge >= 0.3 is 0 Å². The zero-order valence-electron chi connectivity index (χ0n) is 14.7. The Morgan fingerprint density at radius 2 is 1.88 bits per heavy atom. The van der Waals surface area contributed by atoms with Crippen molar-refractivity contribution in [3.8, 4) is 0 Å². The molecule has 0 saturated carbocycles. The summed E-state index contributed by atoms with van der Waals surface area (Å²) in [6, 6.07) is 9.36. The Morgan fingerprint density at radius 1 is 1.20 bits per heavy atom. The number of rotatable bonds is 4. The van der Waals surface area contributed by atoms with Crippen molar-refractivity contribution in [3.05, 3.63) is 35.9 Å². The molecule has 7 heteroatoms. The Hall–Kier alpha value is -1.12. The highest BCUT2D eigenvalue weighted by Crippen LogP contribution is 2.40. The van der Waals surface area contributed by atoms with Crippen LogP contribution in [-0.2, 0) is 11.2 Å². The van der Waals surface area contributed by atoms with Crippen LogP contribution >= 0.6 is 11.8 Å². The molecular formula is C18H26N2O4S. The number of ether oxygens (including phenoxy) is 1. The number of thioether (sulfide) groups is 1. The predicted octanol–water partition coefficient (Wildman–Crippen LogP) is 0.850. The van der Waals surface area contributed by atoms with Crippen molar-refractivity contribution in [1.82, 2.24) is 4.90 Å². The van der Waals surface area contributed by atoms with Crippen LogP contribution in [0.15, 0.2) is 35.3 Å². The molecule has 0 spiro atoms. The van der Waals surface area contributed by atoms with E-state index < -0.39 is 35.4 Å². The highest BCUT2D eigenvalue weighted by molar-refractivity contribution is 8.14. The zero-order valence-corrected chi connectivity index (χ0v) is 15.6. The minimum atomic E-state index is -1.26. The van der Waals surface area contributed by atoms with Crippen molar-refractivity contribution in [2.75, 3.05) is 14.1 Å². The van der Waals surface area contributed by atoms with Crippen molar-refractivity contribution in [1.29, 1.82) is 0 Å². The van der Waals surface area contributed by atoms with Gasteiger partial charge in [-0.25, -0.2) is 0 Å². The van der Waals surface area contributed by atoms with Gasteiger partial charge in [-0.05, 0) is 25.3 Å². The summed E-state index contributed by atoms with van der Waals surface area (Å²) in [5, 5.41) is 32.7. The highest BCUT2D eigenvalue weighted by atomic mass is 32.2. The van der Waals surface area contributed by atoms with Crippen LogP contribution in [-0.4, -0.2) is 74.9 Å². The number of benzene rings is 1. The van der Waals surface area contributed by atoms with Gasteiger partial charge in [0.15, 0.2) is 5.17 Å². The minimum Gasteiger partial charge on any atom is -0.388 e. The molecule has 6 atom stereocenters. The number of nitrogens with zero attached hydrogens (tertiary/aromatic N) is 2. The molecule has 0 bridgehead atoms.